The first kappa shape index (κ1) is 21.0. The summed E-state index contributed by atoms with van der Waals surface area (Å²) in [5.41, 5.74) is 4.57. The fourth-order valence-corrected chi connectivity index (χ4v) is 4.58. The lowest BCUT2D eigenvalue weighted by Gasteiger charge is -2.26. The molecule has 2 aromatic carbocycles. The van der Waals surface area contributed by atoms with Crippen molar-refractivity contribution in [1.82, 2.24) is 9.47 Å². The predicted octanol–water partition coefficient (Wildman–Crippen LogP) is 4.15. The van der Waals surface area contributed by atoms with Gasteiger partial charge in [0.25, 0.3) is 0 Å². The number of ether oxygens (including phenoxy) is 1. The molecule has 1 saturated heterocycles. The number of hydrogen-bond donors (Lipinski definition) is 1. The highest BCUT2D eigenvalue weighted by Crippen LogP contribution is 2.21. The van der Waals surface area contributed by atoms with Crippen molar-refractivity contribution in [3.63, 3.8) is 0 Å². The first-order valence-corrected chi connectivity index (χ1v) is 11.6. The Morgan fingerprint density at radius 3 is 2.80 bits per heavy atom. The summed E-state index contributed by atoms with van der Waals surface area (Å²) in [5.74, 6) is 1.34. The number of fused-ring (bicyclic) bond motifs is 1. The minimum atomic E-state index is 0.0405. The van der Waals surface area contributed by atoms with Crippen LogP contribution in [0, 0.1) is 6.92 Å². The molecule has 6 heteroatoms. The van der Waals surface area contributed by atoms with Crippen LogP contribution in [0.1, 0.15) is 11.1 Å². The largest absolute Gasteiger partial charge is 0.379 e. The normalized spacial score (nSPS) is 14.8. The molecule has 4 rings (SSSR count). The smallest absolute Gasteiger partial charge is 0.234 e. The van der Waals surface area contributed by atoms with Gasteiger partial charge in [-0.3, -0.25) is 9.69 Å². The van der Waals surface area contributed by atoms with Gasteiger partial charge in [0.15, 0.2) is 0 Å². The molecule has 1 aliphatic rings. The van der Waals surface area contributed by atoms with E-state index in [1.54, 1.807) is 11.8 Å². The third-order valence-electron chi connectivity index (χ3n) is 5.40. The molecular formula is C24H29N3O2S. The monoisotopic (exact) mass is 423 g/mol. The molecule has 1 aromatic heterocycles. The van der Waals surface area contributed by atoms with Crippen molar-refractivity contribution in [2.75, 3.05) is 43.9 Å². The van der Waals surface area contributed by atoms with E-state index >= 15 is 0 Å². The van der Waals surface area contributed by atoms with E-state index in [9.17, 15) is 4.79 Å². The number of carbonyl (C=O) groups is 1. The van der Waals surface area contributed by atoms with E-state index in [1.165, 1.54) is 16.6 Å². The molecule has 0 radical (unpaired) electrons. The van der Waals surface area contributed by atoms with Crippen LogP contribution >= 0.6 is 11.8 Å². The van der Waals surface area contributed by atoms with E-state index < -0.39 is 0 Å². The second-order valence-electron chi connectivity index (χ2n) is 7.77. The van der Waals surface area contributed by atoms with Crippen molar-refractivity contribution in [3.05, 3.63) is 65.9 Å². The van der Waals surface area contributed by atoms with Crippen molar-refractivity contribution in [2.24, 2.45) is 0 Å². The molecule has 3 aromatic rings. The maximum absolute atomic E-state index is 12.3. The van der Waals surface area contributed by atoms with Gasteiger partial charge in [0.2, 0.25) is 5.91 Å². The second kappa shape index (κ2) is 10.2. The number of anilines is 1. The molecule has 0 saturated carbocycles. The predicted molar refractivity (Wildman–Crippen MR) is 125 cm³/mol. The van der Waals surface area contributed by atoms with Crippen LogP contribution in [0.2, 0.25) is 0 Å². The zero-order valence-electron chi connectivity index (χ0n) is 17.5. The van der Waals surface area contributed by atoms with Gasteiger partial charge in [-0.05, 0) is 36.8 Å². The van der Waals surface area contributed by atoms with E-state index in [1.807, 2.05) is 6.07 Å². The Hall–Kier alpha value is -2.28. The molecule has 1 amide bonds. The van der Waals surface area contributed by atoms with Gasteiger partial charge in [0.1, 0.15) is 0 Å². The van der Waals surface area contributed by atoms with Crippen LogP contribution in [0.4, 0.5) is 5.69 Å². The van der Waals surface area contributed by atoms with E-state index in [2.05, 4.69) is 70.4 Å². The van der Waals surface area contributed by atoms with Crippen LogP contribution in [0.15, 0.2) is 54.7 Å². The number of amides is 1. The van der Waals surface area contributed by atoms with E-state index in [4.69, 9.17) is 4.74 Å². The number of morpholine rings is 1. The Kier molecular flexibility index (Phi) is 7.10. The number of rotatable bonds is 8. The van der Waals surface area contributed by atoms with Crippen LogP contribution in [0.25, 0.3) is 10.9 Å². The molecule has 0 atom stereocenters. The molecule has 2 heterocycles. The topological polar surface area (TPSA) is 46.5 Å². The Bertz CT molecular complexity index is 995. The van der Waals surface area contributed by atoms with E-state index in [-0.39, 0.29) is 5.91 Å². The quantitative estimate of drug-likeness (QED) is 0.591. The highest BCUT2D eigenvalue weighted by Gasteiger charge is 2.11. The molecule has 0 aliphatic carbocycles. The summed E-state index contributed by atoms with van der Waals surface area (Å²) < 4.78 is 7.70. The number of benzene rings is 2. The maximum atomic E-state index is 12.3. The molecule has 1 aliphatic heterocycles. The van der Waals surface area contributed by atoms with Gasteiger partial charge in [-0.1, -0.05) is 29.8 Å². The zero-order chi connectivity index (χ0) is 20.8. The number of nitrogens with one attached hydrogen (secondary N) is 1. The molecule has 1 fully saturated rings. The number of thioether (sulfide) groups is 1. The lowest BCUT2D eigenvalue weighted by Crippen LogP contribution is -2.38. The summed E-state index contributed by atoms with van der Waals surface area (Å²) in [6, 6.07) is 16.7. The SMILES string of the molecule is Cc1cccc(CSCC(=O)Nc2ccc3c(ccn3CCN3CCOCC3)c2)c1. The molecule has 0 unspecified atom stereocenters. The second-order valence-corrected chi connectivity index (χ2v) is 8.75. The van der Waals surface area contributed by atoms with Crippen LogP contribution in [-0.4, -0.2) is 54.0 Å². The first-order valence-electron chi connectivity index (χ1n) is 10.5. The Morgan fingerprint density at radius 1 is 1.10 bits per heavy atom. The zero-order valence-corrected chi connectivity index (χ0v) is 18.3. The average molecular weight is 424 g/mol. The third kappa shape index (κ3) is 5.65. The summed E-state index contributed by atoms with van der Waals surface area (Å²) in [6.45, 7) is 7.77. The number of aromatic nitrogens is 1. The minimum absolute atomic E-state index is 0.0405. The lowest BCUT2D eigenvalue weighted by molar-refractivity contribution is -0.113. The van der Waals surface area contributed by atoms with Crippen molar-refractivity contribution in [1.29, 1.82) is 0 Å². The number of hydrogen-bond acceptors (Lipinski definition) is 4. The van der Waals surface area contributed by atoms with Crippen molar-refractivity contribution in [2.45, 2.75) is 19.2 Å². The van der Waals surface area contributed by atoms with Crippen LogP contribution in [-0.2, 0) is 21.8 Å². The van der Waals surface area contributed by atoms with Crippen molar-refractivity contribution >= 4 is 34.3 Å². The Labute approximate surface area is 182 Å². The van der Waals surface area contributed by atoms with Crippen LogP contribution < -0.4 is 5.32 Å². The lowest BCUT2D eigenvalue weighted by atomic mass is 10.2. The number of aryl methyl sites for hydroxylation is 1. The van der Waals surface area contributed by atoms with Crippen molar-refractivity contribution < 1.29 is 9.53 Å². The number of carbonyl (C=O) groups excluding carboxylic acids is 1. The fraction of sp³-hybridized carbons (Fsp3) is 0.375. The molecule has 30 heavy (non-hydrogen) atoms. The average Bonchev–Trinajstić information content (AvgIpc) is 3.15. The first-order chi connectivity index (χ1) is 14.7. The molecule has 158 valence electrons. The van der Waals surface area contributed by atoms with Crippen molar-refractivity contribution in [3.8, 4) is 0 Å². The van der Waals surface area contributed by atoms with E-state index in [0.29, 0.717) is 5.75 Å². The molecule has 0 spiro atoms. The Morgan fingerprint density at radius 2 is 1.97 bits per heavy atom. The van der Waals surface area contributed by atoms with Gasteiger partial charge in [-0.15, -0.1) is 11.8 Å². The number of nitrogens with zero attached hydrogens (tertiary/aromatic N) is 2. The van der Waals surface area contributed by atoms with Gasteiger partial charge in [0, 0.05) is 54.7 Å². The van der Waals surface area contributed by atoms with Gasteiger partial charge in [-0.25, -0.2) is 0 Å². The highest BCUT2D eigenvalue weighted by atomic mass is 32.2. The molecular weight excluding hydrogens is 394 g/mol. The van der Waals surface area contributed by atoms with Crippen LogP contribution in [0.3, 0.4) is 0 Å². The maximum Gasteiger partial charge on any atom is 0.234 e. The van der Waals surface area contributed by atoms with Gasteiger partial charge >= 0.3 is 0 Å². The Balaban J connectivity index is 1.28. The standard InChI is InChI=1S/C24H29N3O2S/c1-19-3-2-4-20(15-19)17-30-18-24(28)25-22-5-6-23-21(16-22)7-8-27(23)10-9-26-11-13-29-14-12-26/h2-8,15-16H,9-14,17-18H2,1H3,(H,25,28). The van der Waals surface area contributed by atoms with Gasteiger partial charge in [0.05, 0.1) is 19.0 Å². The van der Waals surface area contributed by atoms with Gasteiger partial charge in [-0.2, -0.15) is 0 Å². The third-order valence-corrected chi connectivity index (χ3v) is 6.40. The molecule has 0 bridgehead atoms. The minimum Gasteiger partial charge on any atom is -0.379 e. The summed E-state index contributed by atoms with van der Waals surface area (Å²) in [5, 5.41) is 4.19. The van der Waals surface area contributed by atoms with Crippen LogP contribution in [0.5, 0.6) is 0 Å². The highest BCUT2D eigenvalue weighted by molar-refractivity contribution is 7.99. The molecule has 1 N–H and O–H groups in total. The summed E-state index contributed by atoms with van der Waals surface area (Å²) in [7, 11) is 0. The summed E-state index contributed by atoms with van der Waals surface area (Å²) in [4.78, 5) is 14.8. The molecule has 5 nitrogen and oxygen atoms in total. The summed E-state index contributed by atoms with van der Waals surface area (Å²) in [6.07, 6.45) is 2.13. The van der Waals surface area contributed by atoms with Gasteiger partial charge < -0.3 is 14.6 Å². The fourth-order valence-electron chi connectivity index (χ4n) is 3.81. The summed E-state index contributed by atoms with van der Waals surface area (Å²) >= 11 is 1.64. The van der Waals surface area contributed by atoms with E-state index in [0.717, 1.165) is 56.2 Å².